The van der Waals surface area contributed by atoms with Crippen molar-refractivity contribution in [1.82, 2.24) is 9.88 Å². The molecule has 0 saturated heterocycles. The van der Waals surface area contributed by atoms with E-state index in [0.717, 1.165) is 7.05 Å². The molecule has 0 bridgehead atoms. The van der Waals surface area contributed by atoms with E-state index in [1.165, 1.54) is 6.07 Å². The van der Waals surface area contributed by atoms with Gasteiger partial charge in [-0.1, -0.05) is 12.1 Å². The molecule has 0 fully saturated rings. The Bertz CT molecular complexity index is 753. The fourth-order valence-electron chi connectivity index (χ4n) is 2.21. The normalized spacial score (nSPS) is 11.2. The number of nitrogens with one attached hydrogen (secondary N) is 2. The van der Waals surface area contributed by atoms with Gasteiger partial charge in [-0.2, -0.15) is 13.2 Å². The Kier molecular flexibility index (Phi) is 4.96. The van der Waals surface area contributed by atoms with Gasteiger partial charge in [0.2, 0.25) is 0 Å². The van der Waals surface area contributed by atoms with Crippen LogP contribution in [0.4, 0.5) is 18.9 Å². The molecule has 1 aromatic carbocycles. The van der Waals surface area contributed by atoms with Crippen LogP contribution in [-0.2, 0) is 11.3 Å². The maximum Gasteiger partial charge on any atom is 0.471 e. The van der Waals surface area contributed by atoms with Crippen molar-refractivity contribution in [3.05, 3.63) is 53.3 Å². The average molecular weight is 339 g/mol. The van der Waals surface area contributed by atoms with E-state index in [4.69, 9.17) is 0 Å². The summed E-state index contributed by atoms with van der Waals surface area (Å²) in [5.74, 6) is -2.24. The zero-order chi connectivity index (χ0) is 17.9. The largest absolute Gasteiger partial charge is 0.471 e. The average Bonchev–Trinajstić information content (AvgIpc) is 2.92. The Morgan fingerprint density at radius 1 is 1.25 bits per heavy atom. The highest BCUT2D eigenvalue weighted by molar-refractivity contribution is 6.05. The number of carbonyl (C=O) groups excluding carboxylic acids is 2. The van der Waals surface area contributed by atoms with Gasteiger partial charge in [0, 0.05) is 31.2 Å². The van der Waals surface area contributed by atoms with Gasteiger partial charge in [0.05, 0.1) is 5.56 Å². The number of nitrogens with zero attached hydrogens (tertiary/aromatic N) is 1. The number of hydrogen-bond donors (Lipinski definition) is 2. The minimum absolute atomic E-state index is 0.217. The topological polar surface area (TPSA) is 65.2 Å². The van der Waals surface area contributed by atoms with Crippen molar-refractivity contribution in [3.63, 3.8) is 0 Å². The molecule has 0 aliphatic carbocycles. The van der Waals surface area contributed by atoms with Crippen LogP contribution in [-0.4, -0.2) is 34.9 Å². The summed E-state index contributed by atoms with van der Waals surface area (Å²) < 4.78 is 37.2. The van der Waals surface area contributed by atoms with Gasteiger partial charge in [0.1, 0.15) is 0 Å². The number of benzene rings is 1. The Morgan fingerprint density at radius 3 is 2.54 bits per heavy atom. The lowest BCUT2D eigenvalue weighted by molar-refractivity contribution is -0.184. The van der Waals surface area contributed by atoms with E-state index < -0.39 is 12.1 Å². The number of aromatic nitrogens is 1. The fraction of sp³-hybridized carbons (Fsp3) is 0.250. The number of alkyl halides is 3. The van der Waals surface area contributed by atoms with Crippen molar-refractivity contribution in [2.45, 2.75) is 19.6 Å². The number of anilines is 1. The van der Waals surface area contributed by atoms with Crippen LogP contribution in [0.5, 0.6) is 0 Å². The van der Waals surface area contributed by atoms with Crippen LogP contribution in [0.15, 0.2) is 36.5 Å². The number of halogens is 3. The molecule has 5 nitrogen and oxygen atoms in total. The molecule has 1 aromatic heterocycles. The maximum atomic E-state index is 12.4. The van der Waals surface area contributed by atoms with Gasteiger partial charge in [-0.15, -0.1) is 0 Å². The molecule has 0 aliphatic heterocycles. The first-order valence-corrected chi connectivity index (χ1v) is 7.05. The van der Waals surface area contributed by atoms with Gasteiger partial charge in [-0.05, 0) is 30.7 Å². The molecule has 0 radical (unpaired) electrons. The molecule has 0 atom stereocenters. The molecule has 0 spiro atoms. The van der Waals surface area contributed by atoms with Crippen LogP contribution >= 0.6 is 0 Å². The lowest BCUT2D eigenvalue weighted by Crippen LogP contribution is -2.37. The summed E-state index contributed by atoms with van der Waals surface area (Å²) in [6.07, 6.45) is -3.27. The summed E-state index contributed by atoms with van der Waals surface area (Å²) >= 11 is 0. The fourth-order valence-corrected chi connectivity index (χ4v) is 2.21. The van der Waals surface area contributed by atoms with Gasteiger partial charge in [0.15, 0.2) is 0 Å². The number of H-pyrrole nitrogens is 1. The summed E-state index contributed by atoms with van der Waals surface area (Å²) in [7, 11) is 1.07. The summed E-state index contributed by atoms with van der Waals surface area (Å²) in [4.78, 5) is 26.7. The number of aromatic amines is 1. The highest BCUT2D eigenvalue weighted by atomic mass is 19.4. The highest BCUT2D eigenvalue weighted by Crippen LogP contribution is 2.20. The highest BCUT2D eigenvalue weighted by Gasteiger charge is 2.41. The molecule has 0 aliphatic rings. The molecular formula is C16H16F3N3O2. The van der Waals surface area contributed by atoms with Crippen molar-refractivity contribution in [2.24, 2.45) is 0 Å². The van der Waals surface area contributed by atoms with E-state index in [1.807, 2.05) is 0 Å². The van der Waals surface area contributed by atoms with Gasteiger partial charge in [0.25, 0.3) is 5.91 Å². The maximum absolute atomic E-state index is 12.4. The van der Waals surface area contributed by atoms with Gasteiger partial charge < -0.3 is 15.2 Å². The lowest BCUT2D eigenvalue weighted by Gasteiger charge is -2.19. The van der Waals surface area contributed by atoms with Gasteiger partial charge >= 0.3 is 12.1 Å². The van der Waals surface area contributed by atoms with Crippen molar-refractivity contribution >= 4 is 17.5 Å². The van der Waals surface area contributed by atoms with Crippen molar-refractivity contribution < 1.29 is 22.8 Å². The number of amides is 2. The molecular weight excluding hydrogens is 323 g/mol. The van der Waals surface area contributed by atoms with Crippen molar-refractivity contribution in [1.29, 1.82) is 0 Å². The number of carbonyl (C=O) groups is 2. The third kappa shape index (κ3) is 4.15. The SMILES string of the molecule is Cc1[nH]ccc1C(=O)Nc1cccc(CN(C)C(=O)C(F)(F)F)c1. The minimum Gasteiger partial charge on any atom is -0.365 e. The standard InChI is InChI=1S/C16H16F3N3O2/c1-10-13(6-7-20-10)14(23)21-12-5-3-4-11(8-12)9-22(2)15(24)16(17,18)19/h3-8,20H,9H2,1-2H3,(H,21,23). The van der Waals surface area contributed by atoms with Gasteiger partial charge in [-0.25, -0.2) is 0 Å². The Balaban J connectivity index is 2.08. The predicted molar refractivity (Wildman–Crippen MR) is 82.5 cm³/mol. The van der Waals surface area contributed by atoms with E-state index >= 15 is 0 Å². The monoisotopic (exact) mass is 339 g/mol. The number of rotatable bonds is 4. The summed E-state index contributed by atoms with van der Waals surface area (Å²) in [6.45, 7) is 1.54. The quantitative estimate of drug-likeness (QED) is 0.899. The second kappa shape index (κ2) is 6.77. The number of aryl methyl sites for hydroxylation is 1. The predicted octanol–water partition coefficient (Wildman–Crippen LogP) is 3.10. The van der Waals surface area contributed by atoms with Gasteiger partial charge in [-0.3, -0.25) is 9.59 Å². The minimum atomic E-state index is -4.91. The molecule has 128 valence electrons. The van der Waals surface area contributed by atoms with Crippen molar-refractivity contribution in [2.75, 3.05) is 12.4 Å². The summed E-state index contributed by atoms with van der Waals surface area (Å²) in [6, 6.07) is 7.96. The zero-order valence-corrected chi connectivity index (χ0v) is 13.1. The Labute approximate surface area is 136 Å². The van der Waals surface area contributed by atoms with E-state index in [9.17, 15) is 22.8 Å². The molecule has 2 rings (SSSR count). The first kappa shape index (κ1) is 17.6. The third-order valence-corrected chi connectivity index (χ3v) is 3.39. The number of hydrogen-bond acceptors (Lipinski definition) is 2. The summed E-state index contributed by atoms with van der Waals surface area (Å²) in [5, 5.41) is 2.67. The molecule has 2 amide bonds. The molecule has 1 heterocycles. The second-order valence-corrected chi connectivity index (χ2v) is 5.33. The van der Waals surface area contributed by atoms with E-state index in [1.54, 1.807) is 37.4 Å². The van der Waals surface area contributed by atoms with E-state index in [-0.39, 0.29) is 12.5 Å². The Hall–Kier alpha value is -2.77. The first-order chi connectivity index (χ1) is 11.2. The Morgan fingerprint density at radius 2 is 1.96 bits per heavy atom. The molecule has 24 heavy (non-hydrogen) atoms. The van der Waals surface area contributed by atoms with Crippen LogP contribution in [0.2, 0.25) is 0 Å². The third-order valence-electron chi connectivity index (χ3n) is 3.39. The van der Waals surface area contributed by atoms with E-state index in [0.29, 0.717) is 27.4 Å². The van der Waals surface area contributed by atoms with E-state index in [2.05, 4.69) is 10.3 Å². The van der Waals surface area contributed by atoms with Crippen LogP contribution in [0, 0.1) is 6.92 Å². The molecule has 0 unspecified atom stereocenters. The summed E-state index contributed by atoms with van der Waals surface area (Å²) in [5.41, 5.74) is 2.09. The lowest BCUT2D eigenvalue weighted by atomic mass is 10.1. The van der Waals surface area contributed by atoms with Crippen LogP contribution in [0.3, 0.4) is 0 Å². The molecule has 0 saturated carbocycles. The second-order valence-electron chi connectivity index (χ2n) is 5.33. The molecule has 2 aromatic rings. The molecule has 8 heteroatoms. The van der Waals surface area contributed by atoms with Crippen molar-refractivity contribution in [3.8, 4) is 0 Å². The van der Waals surface area contributed by atoms with Crippen LogP contribution in [0.25, 0.3) is 0 Å². The van der Waals surface area contributed by atoms with Crippen LogP contribution in [0.1, 0.15) is 21.6 Å². The first-order valence-electron chi connectivity index (χ1n) is 7.05. The zero-order valence-electron chi connectivity index (χ0n) is 13.1. The van der Waals surface area contributed by atoms with Crippen LogP contribution < -0.4 is 5.32 Å². The smallest absolute Gasteiger partial charge is 0.365 e. The molecule has 2 N–H and O–H groups in total.